The summed E-state index contributed by atoms with van der Waals surface area (Å²) < 4.78 is 4.94. The smallest absolute Gasteiger partial charge is 0.414 e. The SMILES string of the molecule is O=C(C=Cc1cnc(-c2ccccc2)nc1)c1cccc(N2CCOC2=O)c1. The molecule has 0 aliphatic carbocycles. The lowest BCUT2D eigenvalue weighted by atomic mass is 10.1. The van der Waals surface area contributed by atoms with Gasteiger partial charge in [-0.1, -0.05) is 42.5 Å². The molecule has 0 bridgehead atoms. The van der Waals surface area contributed by atoms with Crippen LogP contribution < -0.4 is 4.90 Å². The molecule has 0 unspecified atom stereocenters. The minimum atomic E-state index is -0.393. The molecule has 2 aromatic carbocycles. The van der Waals surface area contributed by atoms with Crippen LogP contribution in [0.1, 0.15) is 15.9 Å². The van der Waals surface area contributed by atoms with Crippen molar-refractivity contribution in [1.82, 2.24) is 9.97 Å². The number of aromatic nitrogens is 2. The van der Waals surface area contributed by atoms with Gasteiger partial charge >= 0.3 is 6.09 Å². The minimum absolute atomic E-state index is 0.165. The van der Waals surface area contributed by atoms with E-state index in [0.29, 0.717) is 30.2 Å². The van der Waals surface area contributed by atoms with Crippen LogP contribution in [0.25, 0.3) is 17.5 Å². The molecular formula is C22H17N3O3. The zero-order valence-electron chi connectivity index (χ0n) is 15.0. The fourth-order valence-corrected chi connectivity index (χ4v) is 2.88. The van der Waals surface area contributed by atoms with E-state index >= 15 is 0 Å². The summed E-state index contributed by atoms with van der Waals surface area (Å²) in [7, 11) is 0. The first-order chi connectivity index (χ1) is 13.7. The first-order valence-electron chi connectivity index (χ1n) is 8.85. The quantitative estimate of drug-likeness (QED) is 0.501. The molecule has 4 rings (SSSR count). The van der Waals surface area contributed by atoms with Crippen molar-refractivity contribution in [3.8, 4) is 11.4 Å². The van der Waals surface area contributed by atoms with Crippen molar-refractivity contribution < 1.29 is 14.3 Å². The first-order valence-corrected chi connectivity index (χ1v) is 8.85. The molecular weight excluding hydrogens is 354 g/mol. The molecule has 2 heterocycles. The average molecular weight is 371 g/mol. The Morgan fingerprint density at radius 1 is 1.04 bits per heavy atom. The fourth-order valence-electron chi connectivity index (χ4n) is 2.88. The zero-order chi connectivity index (χ0) is 19.3. The molecule has 0 radical (unpaired) electrons. The van der Waals surface area contributed by atoms with Crippen molar-refractivity contribution in [1.29, 1.82) is 0 Å². The predicted octanol–water partition coefficient (Wildman–Crippen LogP) is 4.00. The lowest BCUT2D eigenvalue weighted by Gasteiger charge is -2.13. The van der Waals surface area contributed by atoms with Gasteiger partial charge in [-0.25, -0.2) is 14.8 Å². The maximum absolute atomic E-state index is 12.5. The van der Waals surface area contributed by atoms with E-state index in [0.717, 1.165) is 11.1 Å². The number of cyclic esters (lactones) is 1. The summed E-state index contributed by atoms with van der Waals surface area (Å²) in [6.45, 7) is 0.841. The van der Waals surface area contributed by atoms with Crippen LogP contribution in [0, 0.1) is 0 Å². The molecule has 28 heavy (non-hydrogen) atoms. The monoisotopic (exact) mass is 371 g/mol. The van der Waals surface area contributed by atoms with E-state index in [1.54, 1.807) is 42.7 Å². The van der Waals surface area contributed by atoms with Crippen LogP contribution >= 0.6 is 0 Å². The molecule has 0 N–H and O–H groups in total. The zero-order valence-corrected chi connectivity index (χ0v) is 15.0. The molecule has 1 saturated heterocycles. The number of anilines is 1. The van der Waals surface area contributed by atoms with Crippen LogP contribution in [0.15, 0.2) is 73.1 Å². The van der Waals surface area contributed by atoms with E-state index in [1.807, 2.05) is 30.3 Å². The Morgan fingerprint density at radius 2 is 1.82 bits per heavy atom. The predicted molar refractivity (Wildman–Crippen MR) is 106 cm³/mol. The summed E-state index contributed by atoms with van der Waals surface area (Å²) in [5.41, 5.74) is 2.81. The lowest BCUT2D eigenvalue weighted by Crippen LogP contribution is -2.23. The van der Waals surface area contributed by atoms with Gasteiger partial charge in [0, 0.05) is 34.8 Å². The van der Waals surface area contributed by atoms with Crippen LogP contribution in [0.2, 0.25) is 0 Å². The number of hydrogen-bond acceptors (Lipinski definition) is 5. The van der Waals surface area contributed by atoms with Gasteiger partial charge in [0.1, 0.15) is 6.61 Å². The summed E-state index contributed by atoms with van der Waals surface area (Å²) in [5, 5.41) is 0. The summed E-state index contributed by atoms with van der Waals surface area (Å²) in [5.74, 6) is 0.468. The summed E-state index contributed by atoms with van der Waals surface area (Å²) in [6, 6.07) is 16.6. The molecule has 6 nitrogen and oxygen atoms in total. The van der Waals surface area contributed by atoms with Crippen LogP contribution in [0.3, 0.4) is 0 Å². The first kappa shape index (κ1) is 17.6. The topological polar surface area (TPSA) is 72.4 Å². The number of ketones is 1. The van der Waals surface area contributed by atoms with Gasteiger partial charge in [-0.3, -0.25) is 9.69 Å². The van der Waals surface area contributed by atoms with Gasteiger partial charge < -0.3 is 4.74 Å². The van der Waals surface area contributed by atoms with Crippen LogP contribution in [0.5, 0.6) is 0 Å². The Labute approximate surface area is 162 Å². The normalized spacial score (nSPS) is 13.7. The summed E-state index contributed by atoms with van der Waals surface area (Å²) in [4.78, 5) is 34.4. The highest BCUT2D eigenvalue weighted by Gasteiger charge is 2.23. The second-order valence-electron chi connectivity index (χ2n) is 6.22. The maximum Gasteiger partial charge on any atom is 0.414 e. The molecule has 138 valence electrons. The Morgan fingerprint density at radius 3 is 2.54 bits per heavy atom. The number of amides is 1. The fraction of sp³-hybridized carbons (Fsp3) is 0.0909. The van der Waals surface area contributed by atoms with Crippen molar-refractivity contribution in [2.24, 2.45) is 0 Å². The van der Waals surface area contributed by atoms with Gasteiger partial charge in [0.05, 0.1) is 6.54 Å². The summed E-state index contributed by atoms with van der Waals surface area (Å²) in [6.07, 6.45) is 6.11. The third-order valence-electron chi connectivity index (χ3n) is 4.33. The number of nitrogens with zero attached hydrogens (tertiary/aromatic N) is 3. The summed E-state index contributed by atoms with van der Waals surface area (Å²) >= 11 is 0. The Balaban J connectivity index is 1.47. The van der Waals surface area contributed by atoms with Gasteiger partial charge in [0.25, 0.3) is 0 Å². The van der Waals surface area contributed by atoms with Crippen LogP contribution in [0.4, 0.5) is 10.5 Å². The van der Waals surface area contributed by atoms with Crippen molar-refractivity contribution in [2.75, 3.05) is 18.1 Å². The number of hydrogen-bond donors (Lipinski definition) is 0. The molecule has 0 spiro atoms. The van der Waals surface area contributed by atoms with Crippen molar-refractivity contribution in [3.05, 3.63) is 84.2 Å². The average Bonchev–Trinajstić information content (AvgIpc) is 3.19. The number of allylic oxidation sites excluding steroid dienone is 1. The molecule has 1 aliphatic heterocycles. The van der Waals surface area contributed by atoms with E-state index in [2.05, 4.69) is 9.97 Å². The number of ether oxygens (including phenoxy) is 1. The molecule has 1 amide bonds. The van der Waals surface area contributed by atoms with Gasteiger partial charge in [-0.05, 0) is 24.3 Å². The largest absolute Gasteiger partial charge is 0.447 e. The Kier molecular flexibility index (Phi) is 4.93. The number of carbonyl (C=O) groups excluding carboxylic acids is 2. The third kappa shape index (κ3) is 3.81. The van der Waals surface area contributed by atoms with Crippen molar-refractivity contribution in [3.63, 3.8) is 0 Å². The van der Waals surface area contributed by atoms with Gasteiger partial charge in [-0.15, -0.1) is 0 Å². The molecule has 3 aromatic rings. The van der Waals surface area contributed by atoms with Gasteiger partial charge in [0.15, 0.2) is 11.6 Å². The second kappa shape index (κ2) is 7.84. The van der Waals surface area contributed by atoms with Crippen molar-refractivity contribution in [2.45, 2.75) is 0 Å². The molecule has 6 heteroatoms. The Hall–Kier alpha value is -3.80. The highest BCUT2D eigenvalue weighted by molar-refractivity contribution is 6.07. The van der Waals surface area contributed by atoms with Crippen LogP contribution in [-0.4, -0.2) is 35.0 Å². The second-order valence-corrected chi connectivity index (χ2v) is 6.22. The van der Waals surface area contributed by atoms with Crippen molar-refractivity contribution >= 4 is 23.6 Å². The molecule has 0 atom stereocenters. The van der Waals surface area contributed by atoms with E-state index in [1.165, 1.54) is 11.0 Å². The van der Waals surface area contributed by atoms with E-state index in [4.69, 9.17) is 4.74 Å². The number of benzene rings is 2. The lowest BCUT2D eigenvalue weighted by molar-refractivity contribution is 0.104. The third-order valence-corrected chi connectivity index (χ3v) is 4.33. The van der Waals surface area contributed by atoms with Crippen LogP contribution in [-0.2, 0) is 4.74 Å². The molecule has 1 aromatic heterocycles. The highest BCUT2D eigenvalue weighted by atomic mass is 16.6. The number of rotatable bonds is 5. The molecule has 1 aliphatic rings. The standard InChI is InChI=1S/C22H17N3O3/c26-20(18-7-4-8-19(13-18)25-11-12-28-22(25)27)10-9-16-14-23-21(24-15-16)17-5-2-1-3-6-17/h1-10,13-15H,11-12H2. The van der Waals surface area contributed by atoms with E-state index in [9.17, 15) is 9.59 Å². The highest BCUT2D eigenvalue weighted by Crippen LogP contribution is 2.20. The Bertz CT molecular complexity index is 1030. The van der Waals surface area contributed by atoms with Gasteiger partial charge in [0.2, 0.25) is 0 Å². The molecule has 1 fully saturated rings. The van der Waals surface area contributed by atoms with E-state index in [-0.39, 0.29) is 5.78 Å². The maximum atomic E-state index is 12.5. The molecule has 0 saturated carbocycles. The number of carbonyl (C=O) groups is 2. The van der Waals surface area contributed by atoms with E-state index < -0.39 is 6.09 Å². The van der Waals surface area contributed by atoms with Gasteiger partial charge in [-0.2, -0.15) is 0 Å². The minimum Gasteiger partial charge on any atom is -0.447 e.